The molecule has 2 aromatic rings. The number of halogens is 5. The molecule has 0 atom stereocenters. The van der Waals surface area contributed by atoms with E-state index >= 15 is 0 Å². The molecule has 0 aromatic heterocycles. The van der Waals surface area contributed by atoms with Crippen LogP contribution in [0.5, 0.6) is 0 Å². The largest absolute Gasteiger partial charge is 0.501 e. The highest BCUT2D eigenvalue weighted by atomic mass is 35.5. The predicted octanol–water partition coefficient (Wildman–Crippen LogP) is 3.87. The number of hydrogen-bond acceptors (Lipinski definition) is 5. The molecule has 158 valence electrons. The first-order valence-corrected chi connectivity index (χ1v) is 11.1. The number of amides is 2. The van der Waals surface area contributed by atoms with Crippen LogP contribution in [0.3, 0.4) is 0 Å². The van der Waals surface area contributed by atoms with E-state index in [1.165, 1.54) is 7.05 Å². The molecule has 2 N–H and O–H groups in total. The van der Waals surface area contributed by atoms with Crippen molar-refractivity contribution in [2.45, 2.75) is 20.2 Å². The maximum atomic E-state index is 12.8. The van der Waals surface area contributed by atoms with Gasteiger partial charge in [-0.3, -0.25) is 0 Å². The van der Waals surface area contributed by atoms with Gasteiger partial charge >= 0.3 is 11.5 Å². The summed E-state index contributed by atoms with van der Waals surface area (Å²) in [4.78, 5) is 9.12. The molecular formula is C15H11Cl2F3N2O5S2. The fourth-order valence-electron chi connectivity index (χ4n) is 2.13. The third kappa shape index (κ3) is 4.60. The monoisotopic (exact) mass is 490 g/mol. The lowest BCUT2D eigenvalue weighted by Gasteiger charge is -2.13. The van der Waals surface area contributed by atoms with Gasteiger partial charge in [0.1, 0.15) is 4.90 Å². The van der Waals surface area contributed by atoms with Crippen molar-refractivity contribution in [3.05, 3.63) is 46.4 Å². The summed E-state index contributed by atoms with van der Waals surface area (Å²) in [6.07, 6.45) is 0. The van der Waals surface area contributed by atoms with E-state index in [1.54, 1.807) is 0 Å². The van der Waals surface area contributed by atoms with Crippen LogP contribution < -0.4 is 10.6 Å². The van der Waals surface area contributed by atoms with Gasteiger partial charge < -0.3 is 10.6 Å². The highest BCUT2D eigenvalue weighted by Crippen LogP contribution is 2.37. The van der Waals surface area contributed by atoms with Gasteiger partial charge in [-0.1, -0.05) is 23.2 Å². The normalized spacial score (nSPS) is 12.5. The van der Waals surface area contributed by atoms with Crippen molar-refractivity contribution in [1.82, 2.24) is 5.32 Å². The standard InChI is InChI=1S/C15H11Cl2F3N2O5S2/c1-21-14(23)22-8-6-11(16)13(12(17)7-8)28(24,25)9-2-4-10(5-3-9)29(26,27)15(18,19)20/h2-7H,1H3,(H2,21,22,23). The Morgan fingerprint density at radius 1 is 0.931 bits per heavy atom. The van der Waals surface area contributed by atoms with Crippen molar-refractivity contribution < 1.29 is 34.8 Å². The molecule has 14 heteroatoms. The highest BCUT2D eigenvalue weighted by Gasteiger charge is 2.46. The van der Waals surface area contributed by atoms with Gasteiger partial charge in [-0.05, 0) is 36.4 Å². The molecular weight excluding hydrogens is 480 g/mol. The van der Waals surface area contributed by atoms with E-state index in [0.29, 0.717) is 24.3 Å². The van der Waals surface area contributed by atoms with Crippen molar-refractivity contribution in [2.24, 2.45) is 0 Å². The van der Waals surface area contributed by atoms with Crippen LogP contribution in [0.15, 0.2) is 51.1 Å². The first-order chi connectivity index (χ1) is 13.2. The summed E-state index contributed by atoms with van der Waals surface area (Å²) in [5.74, 6) is 0. The summed E-state index contributed by atoms with van der Waals surface area (Å²) in [5, 5.41) is 3.88. The Kier molecular flexibility index (Phi) is 6.43. The SMILES string of the molecule is CNC(=O)Nc1cc(Cl)c(S(=O)(=O)c2ccc(S(=O)(=O)C(F)(F)F)cc2)c(Cl)c1. The predicted molar refractivity (Wildman–Crippen MR) is 99.7 cm³/mol. The Labute approximate surface area is 173 Å². The van der Waals surface area contributed by atoms with Gasteiger partial charge in [0, 0.05) is 12.7 Å². The molecule has 0 saturated heterocycles. The minimum atomic E-state index is -5.63. The van der Waals surface area contributed by atoms with Gasteiger partial charge in [0.15, 0.2) is 0 Å². The van der Waals surface area contributed by atoms with Crippen LogP contribution in [0.4, 0.5) is 23.7 Å². The second-order valence-electron chi connectivity index (χ2n) is 5.40. The Balaban J connectivity index is 2.50. The molecule has 0 fully saturated rings. The number of benzene rings is 2. The highest BCUT2D eigenvalue weighted by molar-refractivity contribution is 7.92. The number of hydrogen-bond donors (Lipinski definition) is 2. The maximum absolute atomic E-state index is 12.8. The van der Waals surface area contributed by atoms with E-state index in [4.69, 9.17) is 23.2 Å². The van der Waals surface area contributed by atoms with Gasteiger partial charge in [-0.25, -0.2) is 21.6 Å². The first-order valence-electron chi connectivity index (χ1n) is 7.36. The average molecular weight is 491 g/mol. The van der Waals surface area contributed by atoms with E-state index in [9.17, 15) is 34.8 Å². The summed E-state index contributed by atoms with van der Waals surface area (Å²) >= 11 is 12.0. The van der Waals surface area contributed by atoms with Crippen LogP contribution >= 0.6 is 23.2 Å². The number of rotatable bonds is 4. The lowest BCUT2D eigenvalue weighted by atomic mass is 10.3. The second-order valence-corrected chi connectivity index (χ2v) is 10.0. The van der Waals surface area contributed by atoms with Crippen LogP contribution in [-0.2, 0) is 19.7 Å². The number of nitrogens with one attached hydrogen (secondary N) is 2. The van der Waals surface area contributed by atoms with E-state index in [2.05, 4.69) is 10.6 Å². The Morgan fingerprint density at radius 2 is 1.38 bits per heavy atom. The van der Waals surface area contributed by atoms with Crippen molar-refractivity contribution >= 4 is 54.6 Å². The van der Waals surface area contributed by atoms with Crippen molar-refractivity contribution in [1.29, 1.82) is 0 Å². The minimum absolute atomic E-state index is 0.0879. The molecule has 2 amide bonds. The topological polar surface area (TPSA) is 109 Å². The van der Waals surface area contributed by atoms with Gasteiger partial charge in [0.05, 0.1) is 19.8 Å². The van der Waals surface area contributed by atoms with E-state index in [0.717, 1.165) is 12.1 Å². The molecule has 0 unspecified atom stereocenters. The number of sulfone groups is 2. The Hall–Kier alpha value is -2.02. The average Bonchev–Trinajstić information content (AvgIpc) is 2.59. The van der Waals surface area contributed by atoms with Crippen molar-refractivity contribution in [2.75, 3.05) is 12.4 Å². The molecule has 0 saturated carbocycles. The van der Waals surface area contributed by atoms with Gasteiger partial charge in [0.2, 0.25) is 9.84 Å². The molecule has 2 aromatic carbocycles. The van der Waals surface area contributed by atoms with Gasteiger partial charge in [0.25, 0.3) is 9.84 Å². The third-order valence-corrected chi connectivity index (χ3v) is 7.69. The zero-order chi connectivity index (χ0) is 22.2. The Morgan fingerprint density at radius 3 is 1.79 bits per heavy atom. The fraction of sp³-hybridized carbons (Fsp3) is 0.133. The smallest absolute Gasteiger partial charge is 0.341 e. The van der Waals surface area contributed by atoms with E-state index in [1.807, 2.05) is 0 Å². The van der Waals surface area contributed by atoms with Crippen LogP contribution in [-0.4, -0.2) is 35.4 Å². The summed E-state index contributed by atoms with van der Waals surface area (Å²) in [6, 6.07) is 4.01. The summed E-state index contributed by atoms with van der Waals surface area (Å²) < 4.78 is 86.1. The summed E-state index contributed by atoms with van der Waals surface area (Å²) in [5.41, 5.74) is -5.45. The summed E-state index contributed by atoms with van der Waals surface area (Å²) in [7, 11) is -8.70. The molecule has 0 aliphatic rings. The molecule has 0 bridgehead atoms. The Bertz CT molecular complexity index is 1140. The van der Waals surface area contributed by atoms with Crippen molar-refractivity contribution in [3.8, 4) is 0 Å². The van der Waals surface area contributed by atoms with Gasteiger partial charge in [-0.15, -0.1) is 0 Å². The lowest BCUT2D eigenvalue weighted by molar-refractivity contribution is -0.0436. The molecule has 2 rings (SSSR count). The number of carbonyl (C=O) groups excluding carboxylic acids is 1. The lowest BCUT2D eigenvalue weighted by Crippen LogP contribution is -2.24. The van der Waals surface area contributed by atoms with Crippen LogP contribution in [0.25, 0.3) is 0 Å². The van der Waals surface area contributed by atoms with Crippen molar-refractivity contribution in [3.63, 3.8) is 0 Å². The second kappa shape index (κ2) is 8.01. The van der Waals surface area contributed by atoms with Crippen LogP contribution in [0.1, 0.15) is 0 Å². The number of carbonyl (C=O) groups is 1. The van der Waals surface area contributed by atoms with E-state index in [-0.39, 0.29) is 15.7 Å². The van der Waals surface area contributed by atoms with Crippen LogP contribution in [0.2, 0.25) is 10.0 Å². The molecule has 0 spiro atoms. The molecule has 29 heavy (non-hydrogen) atoms. The van der Waals surface area contributed by atoms with Crippen LogP contribution in [0, 0.1) is 0 Å². The molecule has 0 aliphatic heterocycles. The zero-order valence-electron chi connectivity index (χ0n) is 14.2. The molecule has 0 heterocycles. The summed E-state index contributed by atoms with van der Waals surface area (Å²) in [6.45, 7) is 0. The third-order valence-electron chi connectivity index (χ3n) is 3.50. The van der Waals surface area contributed by atoms with E-state index < -0.39 is 45.9 Å². The number of urea groups is 1. The molecule has 0 radical (unpaired) electrons. The number of alkyl halides is 3. The quantitative estimate of drug-likeness (QED) is 0.675. The minimum Gasteiger partial charge on any atom is -0.341 e. The molecule has 0 aliphatic carbocycles. The number of anilines is 1. The zero-order valence-corrected chi connectivity index (χ0v) is 17.4. The maximum Gasteiger partial charge on any atom is 0.501 e. The molecule has 7 nitrogen and oxygen atoms in total. The fourth-order valence-corrected chi connectivity index (χ4v) is 5.35. The first kappa shape index (κ1) is 23.3. The van der Waals surface area contributed by atoms with Gasteiger partial charge in [-0.2, -0.15) is 13.2 Å².